The molecule has 1 heterocycles. The number of halogens is 1. The quantitative estimate of drug-likeness (QED) is 0.899. The van der Waals surface area contributed by atoms with E-state index in [9.17, 15) is 9.50 Å². The summed E-state index contributed by atoms with van der Waals surface area (Å²) < 4.78 is 20.8. The number of aryl methyl sites for hydroxylation is 1. The Balaban J connectivity index is 2.08. The molecule has 0 bridgehead atoms. The molecule has 2 rings (SSSR count). The standard InChI is InChI=1S/C13H16FN3O2/c1-3-17-13(15-8-16-17)7-19-12-5-4-10(9(2)18)6-11(12)14/h4-6,8-9,18H,3,7H2,1-2H3/t9-/m1/s1. The highest BCUT2D eigenvalue weighted by Crippen LogP contribution is 2.22. The minimum atomic E-state index is -0.702. The fraction of sp³-hybridized carbons (Fsp3) is 0.385. The van der Waals surface area contributed by atoms with Gasteiger partial charge in [-0.15, -0.1) is 0 Å². The van der Waals surface area contributed by atoms with Crippen LogP contribution in [0.1, 0.15) is 31.3 Å². The second-order valence-corrected chi connectivity index (χ2v) is 4.15. The highest BCUT2D eigenvalue weighted by atomic mass is 19.1. The maximum Gasteiger partial charge on any atom is 0.165 e. The molecule has 2 aromatic rings. The van der Waals surface area contributed by atoms with Crippen molar-refractivity contribution in [3.8, 4) is 5.75 Å². The van der Waals surface area contributed by atoms with E-state index < -0.39 is 11.9 Å². The number of nitrogens with zero attached hydrogens (tertiary/aromatic N) is 3. The molecule has 102 valence electrons. The molecule has 0 saturated heterocycles. The molecular weight excluding hydrogens is 249 g/mol. The lowest BCUT2D eigenvalue weighted by Crippen LogP contribution is -2.08. The molecule has 1 atom stereocenters. The van der Waals surface area contributed by atoms with Crippen molar-refractivity contribution < 1.29 is 14.2 Å². The zero-order valence-corrected chi connectivity index (χ0v) is 10.9. The van der Waals surface area contributed by atoms with Gasteiger partial charge in [0.15, 0.2) is 17.4 Å². The van der Waals surface area contributed by atoms with Gasteiger partial charge in [0.05, 0.1) is 6.10 Å². The van der Waals surface area contributed by atoms with E-state index in [2.05, 4.69) is 10.1 Å². The molecule has 0 spiro atoms. The maximum absolute atomic E-state index is 13.7. The number of hydrogen-bond acceptors (Lipinski definition) is 4. The molecule has 6 heteroatoms. The summed E-state index contributed by atoms with van der Waals surface area (Å²) in [6.45, 7) is 4.36. The number of rotatable bonds is 5. The van der Waals surface area contributed by atoms with Gasteiger partial charge in [-0.25, -0.2) is 14.1 Å². The van der Waals surface area contributed by atoms with Crippen LogP contribution in [0.5, 0.6) is 5.75 Å². The molecule has 0 unspecified atom stereocenters. The number of aromatic nitrogens is 3. The van der Waals surface area contributed by atoms with Gasteiger partial charge in [-0.05, 0) is 31.5 Å². The van der Waals surface area contributed by atoms with Crippen molar-refractivity contribution >= 4 is 0 Å². The van der Waals surface area contributed by atoms with Crippen LogP contribution in [0.4, 0.5) is 4.39 Å². The Hall–Kier alpha value is -1.95. The molecule has 1 N–H and O–H groups in total. The zero-order chi connectivity index (χ0) is 13.8. The van der Waals surface area contributed by atoms with Gasteiger partial charge < -0.3 is 9.84 Å². The second kappa shape index (κ2) is 5.79. The first kappa shape index (κ1) is 13.5. The lowest BCUT2D eigenvalue weighted by molar-refractivity contribution is 0.198. The maximum atomic E-state index is 13.7. The summed E-state index contributed by atoms with van der Waals surface area (Å²) in [5.74, 6) is 0.275. The van der Waals surface area contributed by atoms with Crippen molar-refractivity contribution in [2.24, 2.45) is 0 Å². The van der Waals surface area contributed by atoms with Crippen LogP contribution in [0.3, 0.4) is 0 Å². The zero-order valence-electron chi connectivity index (χ0n) is 10.9. The fourth-order valence-electron chi connectivity index (χ4n) is 1.70. The van der Waals surface area contributed by atoms with Crippen molar-refractivity contribution in [1.82, 2.24) is 14.8 Å². The Bertz CT molecular complexity index is 555. The molecule has 0 fully saturated rings. The van der Waals surface area contributed by atoms with Crippen LogP contribution in [0, 0.1) is 5.82 Å². The van der Waals surface area contributed by atoms with Crippen molar-refractivity contribution in [2.75, 3.05) is 0 Å². The van der Waals surface area contributed by atoms with Crippen LogP contribution in [-0.4, -0.2) is 19.9 Å². The molecular formula is C13H16FN3O2. The molecule has 0 radical (unpaired) electrons. The van der Waals surface area contributed by atoms with Gasteiger partial charge in [0.2, 0.25) is 0 Å². The third-order valence-electron chi connectivity index (χ3n) is 2.79. The first-order valence-electron chi connectivity index (χ1n) is 6.08. The van der Waals surface area contributed by atoms with Gasteiger partial charge >= 0.3 is 0 Å². The van der Waals surface area contributed by atoms with Crippen LogP contribution in [0.15, 0.2) is 24.5 Å². The molecule has 0 aliphatic rings. The van der Waals surface area contributed by atoms with Crippen molar-refractivity contribution in [3.63, 3.8) is 0 Å². The van der Waals surface area contributed by atoms with E-state index in [-0.39, 0.29) is 12.4 Å². The van der Waals surface area contributed by atoms with Crippen molar-refractivity contribution in [2.45, 2.75) is 33.1 Å². The van der Waals surface area contributed by atoms with E-state index in [1.807, 2.05) is 6.92 Å². The van der Waals surface area contributed by atoms with E-state index in [0.29, 0.717) is 17.9 Å². The number of ether oxygens (including phenoxy) is 1. The smallest absolute Gasteiger partial charge is 0.165 e. The summed E-state index contributed by atoms with van der Waals surface area (Å²) in [6.07, 6.45) is 0.737. The minimum Gasteiger partial charge on any atom is -0.483 e. The van der Waals surface area contributed by atoms with E-state index in [4.69, 9.17) is 4.74 Å². The normalized spacial score (nSPS) is 12.4. The topological polar surface area (TPSA) is 60.2 Å². The summed E-state index contributed by atoms with van der Waals surface area (Å²) in [6, 6.07) is 4.40. The minimum absolute atomic E-state index is 0.134. The highest BCUT2D eigenvalue weighted by molar-refractivity contribution is 5.30. The third kappa shape index (κ3) is 3.08. The number of aliphatic hydroxyl groups excluding tert-OH is 1. The lowest BCUT2D eigenvalue weighted by Gasteiger charge is -2.10. The van der Waals surface area contributed by atoms with Crippen LogP contribution in [0.2, 0.25) is 0 Å². The average Bonchev–Trinajstić information content (AvgIpc) is 2.84. The number of hydrogen-bond donors (Lipinski definition) is 1. The Morgan fingerprint density at radius 1 is 1.47 bits per heavy atom. The SMILES string of the molecule is CCn1ncnc1COc1ccc([C@@H](C)O)cc1F. The molecule has 0 aliphatic carbocycles. The van der Waals surface area contributed by atoms with Crippen LogP contribution in [0.25, 0.3) is 0 Å². The molecule has 5 nitrogen and oxygen atoms in total. The van der Waals surface area contributed by atoms with Gasteiger partial charge in [0.1, 0.15) is 12.9 Å². The predicted octanol–water partition coefficient (Wildman–Crippen LogP) is 2.07. The number of benzene rings is 1. The summed E-state index contributed by atoms with van der Waals surface area (Å²) in [5.41, 5.74) is 0.515. The van der Waals surface area contributed by atoms with Gasteiger partial charge in [0.25, 0.3) is 0 Å². The van der Waals surface area contributed by atoms with Crippen molar-refractivity contribution in [3.05, 3.63) is 41.7 Å². The molecule has 19 heavy (non-hydrogen) atoms. The van der Waals surface area contributed by atoms with Gasteiger partial charge in [-0.3, -0.25) is 0 Å². The molecule has 0 amide bonds. The molecule has 0 saturated carbocycles. The summed E-state index contributed by atoms with van der Waals surface area (Å²) in [4.78, 5) is 4.04. The monoisotopic (exact) mass is 265 g/mol. The van der Waals surface area contributed by atoms with Gasteiger partial charge in [-0.2, -0.15) is 5.10 Å². The van der Waals surface area contributed by atoms with Crippen molar-refractivity contribution in [1.29, 1.82) is 0 Å². The predicted molar refractivity (Wildman–Crippen MR) is 67.1 cm³/mol. The van der Waals surface area contributed by atoms with Gasteiger partial charge in [-0.1, -0.05) is 6.07 Å². The number of aliphatic hydroxyl groups is 1. The first-order valence-corrected chi connectivity index (χ1v) is 6.08. The van der Waals surface area contributed by atoms with E-state index in [1.54, 1.807) is 17.7 Å². The average molecular weight is 265 g/mol. The third-order valence-corrected chi connectivity index (χ3v) is 2.79. The fourth-order valence-corrected chi connectivity index (χ4v) is 1.70. The summed E-state index contributed by atoms with van der Waals surface area (Å²) in [5, 5.41) is 13.4. The Morgan fingerprint density at radius 3 is 2.89 bits per heavy atom. The van der Waals surface area contributed by atoms with E-state index in [1.165, 1.54) is 18.5 Å². The second-order valence-electron chi connectivity index (χ2n) is 4.15. The van der Waals surface area contributed by atoms with E-state index in [0.717, 1.165) is 0 Å². The molecule has 0 aliphatic heterocycles. The highest BCUT2D eigenvalue weighted by Gasteiger charge is 2.10. The molecule has 1 aromatic heterocycles. The van der Waals surface area contributed by atoms with E-state index >= 15 is 0 Å². The Morgan fingerprint density at radius 2 is 2.26 bits per heavy atom. The Labute approximate surface area is 110 Å². The lowest BCUT2D eigenvalue weighted by atomic mass is 10.1. The summed E-state index contributed by atoms with van der Waals surface area (Å²) >= 11 is 0. The van der Waals surface area contributed by atoms with Gasteiger partial charge in [0, 0.05) is 6.54 Å². The van der Waals surface area contributed by atoms with Crippen LogP contribution in [-0.2, 0) is 13.2 Å². The molecule has 1 aromatic carbocycles. The largest absolute Gasteiger partial charge is 0.483 e. The Kier molecular flexibility index (Phi) is 4.11. The van der Waals surface area contributed by atoms with Crippen LogP contribution < -0.4 is 4.74 Å². The van der Waals surface area contributed by atoms with Crippen LogP contribution >= 0.6 is 0 Å². The summed E-state index contributed by atoms with van der Waals surface area (Å²) in [7, 11) is 0. The first-order chi connectivity index (χ1) is 9.11.